The lowest BCUT2D eigenvalue weighted by Crippen LogP contribution is -2.22. The molecule has 3 aromatic rings. The lowest BCUT2D eigenvalue weighted by atomic mass is 9.99. The van der Waals surface area contributed by atoms with Gasteiger partial charge in [0.1, 0.15) is 0 Å². The number of hydrogen-bond donors (Lipinski definition) is 2. The quantitative estimate of drug-likeness (QED) is 0.636. The monoisotopic (exact) mass is 400 g/mol. The van der Waals surface area contributed by atoms with Gasteiger partial charge in [0.2, 0.25) is 0 Å². The van der Waals surface area contributed by atoms with E-state index in [0.717, 1.165) is 25.1 Å². The summed E-state index contributed by atoms with van der Waals surface area (Å²) in [7, 11) is 0. The summed E-state index contributed by atoms with van der Waals surface area (Å²) < 4.78 is 0. The van der Waals surface area contributed by atoms with Crippen LogP contribution in [-0.4, -0.2) is 30.1 Å². The summed E-state index contributed by atoms with van der Waals surface area (Å²) in [5.41, 5.74) is 4.24. The minimum absolute atomic E-state index is 0.199. The highest BCUT2D eigenvalue weighted by Gasteiger charge is 2.27. The fraction of sp³-hybridized carbons (Fsp3) is 0.200. The molecule has 1 heterocycles. The molecular formula is C25H24N2O3. The van der Waals surface area contributed by atoms with E-state index in [1.165, 1.54) is 5.56 Å². The Labute approximate surface area is 176 Å². The summed E-state index contributed by atoms with van der Waals surface area (Å²) in [4.78, 5) is 26.5. The second-order valence-corrected chi connectivity index (χ2v) is 7.70. The summed E-state index contributed by atoms with van der Waals surface area (Å²) in [6.07, 6.45) is 0.981. The van der Waals surface area contributed by atoms with E-state index >= 15 is 0 Å². The molecule has 1 saturated heterocycles. The highest BCUT2D eigenvalue weighted by Crippen LogP contribution is 2.33. The Morgan fingerprint density at radius 2 is 1.73 bits per heavy atom. The number of rotatable bonds is 5. The third-order valence-corrected chi connectivity index (χ3v) is 5.60. The molecule has 0 unspecified atom stereocenters. The molecular weight excluding hydrogens is 376 g/mol. The Kier molecular flexibility index (Phi) is 5.53. The Hall–Kier alpha value is -3.60. The lowest BCUT2D eigenvalue weighted by molar-refractivity contribution is 0.0697. The maximum Gasteiger partial charge on any atom is 0.337 e. The van der Waals surface area contributed by atoms with E-state index in [1.807, 2.05) is 37.3 Å². The number of carbonyl (C=O) groups excluding carboxylic acids is 1. The summed E-state index contributed by atoms with van der Waals surface area (Å²) >= 11 is 0. The van der Waals surface area contributed by atoms with Gasteiger partial charge >= 0.3 is 5.97 Å². The average molecular weight is 400 g/mol. The Balaban J connectivity index is 1.53. The summed E-state index contributed by atoms with van der Waals surface area (Å²) in [6.45, 7) is 3.54. The van der Waals surface area contributed by atoms with Gasteiger partial charge in [-0.05, 0) is 49.2 Å². The number of carbonyl (C=O) groups is 2. The van der Waals surface area contributed by atoms with E-state index < -0.39 is 5.97 Å². The number of hydrogen-bond acceptors (Lipinski definition) is 3. The van der Waals surface area contributed by atoms with Gasteiger partial charge < -0.3 is 15.3 Å². The van der Waals surface area contributed by atoms with E-state index in [0.29, 0.717) is 22.9 Å². The molecule has 1 aliphatic rings. The van der Waals surface area contributed by atoms with Crippen LogP contribution in [0.3, 0.4) is 0 Å². The van der Waals surface area contributed by atoms with Crippen molar-refractivity contribution in [1.29, 1.82) is 0 Å². The molecule has 5 nitrogen and oxygen atoms in total. The van der Waals surface area contributed by atoms with Gasteiger partial charge in [-0.25, -0.2) is 4.79 Å². The van der Waals surface area contributed by atoms with Crippen molar-refractivity contribution in [2.75, 3.05) is 23.3 Å². The average Bonchev–Trinajstić information content (AvgIpc) is 3.25. The van der Waals surface area contributed by atoms with Gasteiger partial charge in [0.15, 0.2) is 0 Å². The van der Waals surface area contributed by atoms with E-state index in [9.17, 15) is 14.7 Å². The van der Waals surface area contributed by atoms with Crippen molar-refractivity contribution in [2.24, 2.45) is 0 Å². The van der Waals surface area contributed by atoms with Crippen LogP contribution in [0.4, 0.5) is 11.4 Å². The number of nitrogens with zero attached hydrogens (tertiary/aromatic N) is 1. The van der Waals surface area contributed by atoms with E-state index in [-0.39, 0.29) is 11.5 Å². The topological polar surface area (TPSA) is 69.6 Å². The number of aryl methyl sites for hydroxylation is 1. The van der Waals surface area contributed by atoms with Crippen molar-refractivity contribution >= 4 is 23.3 Å². The van der Waals surface area contributed by atoms with Gasteiger partial charge in [0.25, 0.3) is 5.91 Å². The lowest BCUT2D eigenvalue weighted by Gasteiger charge is -2.21. The zero-order valence-electron chi connectivity index (χ0n) is 16.8. The smallest absolute Gasteiger partial charge is 0.337 e. The maximum absolute atomic E-state index is 12.5. The van der Waals surface area contributed by atoms with Gasteiger partial charge in [0, 0.05) is 30.3 Å². The van der Waals surface area contributed by atoms with Gasteiger partial charge in [0.05, 0.1) is 11.3 Å². The molecule has 0 aliphatic carbocycles. The van der Waals surface area contributed by atoms with Crippen LogP contribution in [0.5, 0.6) is 0 Å². The van der Waals surface area contributed by atoms with E-state index in [4.69, 9.17) is 0 Å². The molecule has 0 spiro atoms. The van der Waals surface area contributed by atoms with Crippen molar-refractivity contribution in [3.63, 3.8) is 0 Å². The van der Waals surface area contributed by atoms with Crippen molar-refractivity contribution in [2.45, 2.75) is 19.3 Å². The van der Waals surface area contributed by atoms with Crippen LogP contribution in [0.2, 0.25) is 0 Å². The molecule has 5 heteroatoms. The second-order valence-electron chi connectivity index (χ2n) is 7.70. The summed E-state index contributed by atoms with van der Waals surface area (Å²) in [5, 5.41) is 12.6. The SMILES string of the molecule is Cc1ccc(C(=O)Nc2ccc(N3CC[C@@H](c4ccccc4)C3)c(C(=O)O)c2)cc1. The highest BCUT2D eigenvalue weighted by molar-refractivity contribution is 6.05. The summed E-state index contributed by atoms with van der Waals surface area (Å²) in [6, 6.07) is 22.7. The first-order chi connectivity index (χ1) is 14.5. The molecule has 1 amide bonds. The molecule has 2 N–H and O–H groups in total. The Morgan fingerprint density at radius 1 is 1.00 bits per heavy atom. The first-order valence-corrected chi connectivity index (χ1v) is 10.1. The normalized spacial score (nSPS) is 15.8. The Morgan fingerprint density at radius 3 is 2.43 bits per heavy atom. The zero-order chi connectivity index (χ0) is 21.1. The molecule has 0 aromatic heterocycles. The second kappa shape index (κ2) is 8.41. The fourth-order valence-electron chi connectivity index (χ4n) is 3.95. The number of nitrogens with one attached hydrogen (secondary N) is 1. The standard InChI is InChI=1S/C25H24N2O3/c1-17-7-9-19(10-8-17)24(28)26-21-11-12-23(22(15-21)25(29)30)27-14-13-20(16-27)18-5-3-2-4-6-18/h2-12,15,20H,13-14,16H2,1H3,(H,26,28)(H,29,30)/t20-/m1/s1. The molecule has 4 rings (SSSR count). The number of carboxylic acids is 1. The van der Waals surface area contributed by atoms with E-state index in [2.05, 4.69) is 22.3 Å². The largest absolute Gasteiger partial charge is 0.478 e. The van der Waals surface area contributed by atoms with Crippen LogP contribution < -0.4 is 10.2 Å². The van der Waals surface area contributed by atoms with Crippen LogP contribution in [-0.2, 0) is 0 Å². The minimum atomic E-state index is -1.00. The molecule has 0 radical (unpaired) electrons. The van der Waals surface area contributed by atoms with Gasteiger partial charge in [-0.2, -0.15) is 0 Å². The highest BCUT2D eigenvalue weighted by atomic mass is 16.4. The van der Waals surface area contributed by atoms with Gasteiger partial charge in [-0.1, -0.05) is 48.0 Å². The minimum Gasteiger partial charge on any atom is -0.478 e. The third kappa shape index (κ3) is 4.20. The number of benzene rings is 3. The van der Waals surface area contributed by atoms with E-state index in [1.54, 1.807) is 30.3 Å². The van der Waals surface area contributed by atoms with Crippen molar-refractivity contribution in [1.82, 2.24) is 0 Å². The molecule has 0 bridgehead atoms. The molecule has 3 aromatic carbocycles. The van der Waals surface area contributed by atoms with Gasteiger partial charge in [-0.3, -0.25) is 4.79 Å². The number of carboxylic acid groups (broad SMARTS) is 1. The molecule has 30 heavy (non-hydrogen) atoms. The van der Waals surface area contributed by atoms with Crippen LogP contribution in [0.1, 0.15) is 44.2 Å². The number of aromatic carboxylic acids is 1. The summed E-state index contributed by atoms with van der Waals surface area (Å²) in [5.74, 6) is -0.877. The molecule has 152 valence electrons. The zero-order valence-corrected chi connectivity index (χ0v) is 16.8. The molecule has 0 saturated carbocycles. The van der Waals surface area contributed by atoms with Crippen LogP contribution in [0.15, 0.2) is 72.8 Å². The van der Waals surface area contributed by atoms with Crippen molar-refractivity contribution in [3.05, 3.63) is 95.1 Å². The first kappa shape index (κ1) is 19.7. The predicted octanol–water partition coefficient (Wildman–Crippen LogP) is 4.94. The van der Waals surface area contributed by atoms with Crippen molar-refractivity contribution in [3.8, 4) is 0 Å². The number of amides is 1. The van der Waals surface area contributed by atoms with Crippen LogP contribution in [0, 0.1) is 6.92 Å². The predicted molar refractivity (Wildman–Crippen MR) is 119 cm³/mol. The third-order valence-electron chi connectivity index (χ3n) is 5.60. The fourth-order valence-corrected chi connectivity index (χ4v) is 3.95. The molecule has 1 atom stereocenters. The molecule has 1 fully saturated rings. The van der Waals surface area contributed by atoms with Gasteiger partial charge in [-0.15, -0.1) is 0 Å². The molecule has 1 aliphatic heterocycles. The maximum atomic E-state index is 12.5. The Bertz CT molecular complexity index is 1060. The van der Waals surface area contributed by atoms with Crippen molar-refractivity contribution < 1.29 is 14.7 Å². The first-order valence-electron chi connectivity index (χ1n) is 10.1. The number of anilines is 2. The van der Waals surface area contributed by atoms with Crippen LogP contribution in [0.25, 0.3) is 0 Å². The van der Waals surface area contributed by atoms with Crippen LogP contribution >= 0.6 is 0 Å².